The van der Waals surface area contributed by atoms with Gasteiger partial charge in [-0.2, -0.15) is 0 Å². The largest absolute Gasteiger partial charge is 0.454 e. The summed E-state index contributed by atoms with van der Waals surface area (Å²) in [6, 6.07) is 10.6. The lowest BCUT2D eigenvalue weighted by Gasteiger charge is -2.32. The molecule has 0 saturated heterocycles. The lowest BCUT2D eigenvalue weighted by Crippen LogP contribution is -2.52. The molecule has 9 nitrogen and oxygen atoms in total. The predicted molar refractivity (Wildman–Crippen MR) is 129 cm³/mol. The summed E-state index contributed by atoms with van der Waals surface area (Å²) in [5.74, 6) is -0.0436. The van der Waals surface area contributed by atoms with Crippen molar-refractivity contribution in [3.05, 3.63) is 53.1 Å². The van der Waals surface area contributed by atoms with Crippen LogP contribution in [0.25, 0.3) is 0 Å². The van der Waals surface area contributed by atoms with E-state index in [-0.39, 0.29) is 31.0 Å². The molecule has 1 aliphatic heterocycles. The molecule has 1 atom stereocenters. The molecule has 34 heavy (non-hydrogen) atoms. The number of ether oxygens (including phenoxy) is 2. The Morgan fingerprint density at radius 1 is 1.09 bits per heavy atom. The Bertz CT molecular complexity index is 1170. The second kappa shape index (κ2) is 10.5. The highest BCUT2D eigenvalue weighted by molar-refractivity contribution is 7.92. The Morgan fingerprint density at radius 2 is 1.76 bits per heavy atom. The lowest BCUT2D eigenvalue weighted by atomic mass is 10.1. The van der Waals surface area contributed by atoms with Crippen LogP contribution in [-0.2, 0) is 26.2 Å². The minimum atomic E-state index is -3.85. The minimum Gasteiger partial charge on any atom is -0.454 e. The number of hydrogen-bond acceptors (Lipinski definition) is 6. The Balaban J connectivity index is 1.92. The van der Waals surface area contributed by atoms with E-state index in [1.165, 1.54) is 17.0 Å². The van der Waals surface area contributed by atoms with Gasteiger partial charge in [0.1, 0.15) is 12.6 Å². The summed E-state index contributed by atoms with van der Waals surface area (Å²) >= 11 is 6.30. The number of fused-ring (bicyclic) bond motifs is 1. The van der Waals surface area contributed by atoms with Crippen molar-refractivity contribution in [3.63, 3.8) is 0 Å². The van der Waals surface area contributed by atoms with E-state index in [0.717, 1.165) is 10.6 Å². The van der Waals surface area contributed by atoms with Gasteiger partial charge in [0.2, 0.25) is 28.6 Å². The third-order valence-electron chi connectivity index (χ3n) is 5.22. The molecule has 1 heterocycles. The van der Waals surface area contributed by atoms with Crippen molar-refractivity contribution in [1.29, 1.82) is 0 Å². The van der Waals surface area contributed by atoms with Crippen LogP contribution in [0.15, 0.2) is 42.5 Å². The van der Waals surface area contributed by atoms with Crippen LogP contribution in [0.2, 0.25) is 5.02 Å². The molecule has 0 aliphatic carbocycles. The van der Waals surface area contributed by atoms with Gasteiger partial charge in [0.25, 0.3) is 0 Å². The first kappa shape index (κ1) is 25.6. The number of nitrogens with one attached hydrogen (secondary N) is 1. The molecule has 2 aromatic rings. The van der Waals surface area contributed by atoms with Crippen molar-refractivity contribution in [2.75, 3.05) is 23.9 Å². The van der Waals surface area contributed by atoms with Gasteiger partial charge in [0.15, 0.2) is 11.5 Å². The summed E-state index contributed by atoms with van der Waals surface area (Å²) in [4.78, 5) is 27.6. The molecular weight excluding hydrogens is 482 g/mol. The zero-order valence-corrected chi connectivity index (χ0v) is 21.0. The smallest absolute Gasteiger partial charge is 0.244 e. The summed E-state index contributed by atoms with van der Waals surface area (Å²) in [5, 5.41) is 3.23. The number of nitrogens with zero attached hydrogens (tertiary/aromatic N) is 2. The van der Waals surface area contributed by atoms with Crippen LogP contribution in [0, 0.1) is 0 Å². The topological polar surface area (TPSA) is 105 Å². The van der Waals surface area contributed by atoms with Gasteiger partial charge in [0, 0.05) is 23.7 Å². The van der Waals surface area contributed by atoms with E-state index in [1.807, 2.05) is 13.8 Å². The number of sulfonamides is 1. The van der Waals surface area contributed by atoms with Crippen molar-refractivity contribution in [2.45, 2.75) is 39.4 Å². The van der Waals surface area contributed by atoms with E-state index in [9.17, 15) is 18.0 Å². The molecule has 0 bridgehead atoms. The molecule has 1 N–H and O–H groups in total. The zero-order chi connectivity index (χ0) is 25.0. The van der Waals surface area contributed by atoms with Crippen LogP contribution in [0.1, 0.15) is 26.3 Å². The summed E-state index contributed by atoms with van der Waals surface area (Å²) in [7, 11) is -3.85. The Morgan fingerprint density at radius 3 is 2.41 bits per heavy atom. The van der Waals surface area contributed by atoms with Crippen LogP contribution in [0.3, 0.4) is 0 Å². The number of hydrogen-bond donors (Lipinski definition) is 1. The number of benzene rings is 2. The van der Waals surface area contributed by atoms with Crippen LogP contribution in [0.5, 0.6) is 11.5 Å². The number of carbonyl (C=O) groups excluding carboxylic acids is 2. The molecule has 0 unspecified atom stereocenters. The molecule has 11 heteroatoms. The zero-order valence-electron chi connectivity index (χ0n) is 19.4. The minimum absolute atomic E-state index is 0.0317. The average Bonchev–Trinajstić information content (AvgIpc) is 3.23. The SMILES string of the molecule is CC(C)NC(=O)[C@@H](C)N(Cc1ccccc1Cl)C(=O)CN(c1ccc2c(c1)OCO2)S(C)(=O)=O. The summed E-state index contributed by atoms with van der Waals surface area (Å²) < 4.78 is 36.9. The quantitative estimate of drug-likeness (QED) is 0.557. The Hall–Kier alpha value is -2.98. The number of amides is 2. The fourth-order valence-electron chi connectivity index (χ4n) is 3.45. The van der Waals surface area contributed by atoms with E-state index >= 15 is 0 Å². The van der Waals surface area contributed by atoms with Gasteiger partial charge < -0.3 is 19.7 Å². The summed E-state index contributed by atoms with van der Waals surface area (Å²) in [5.41, 5.74) is 0.882. The van der Waals surface area contributed by atoms with Gasteiger partial charge in [-0.15, -0.1) is 0 Å². The van der Waals surface area contributed by atoms with E-state index < -0.39 is 28.5 Å². The van der Waals surface area contributed by atoms with Gasteiger partial charge in [-0.3, -0.25) is 13.9 Å². The number of anilines is 1. The second-order valence-corrected chi connectivity index (χ2v) is 10.6. The Labute approximate surface area is 204 Å². The first-order valence-electron chi connectivity index (χ1n) is 10.7. The van der Waals surface area contributed by atoms with Crippen molar-refractivity contribution in [1.82, 2.24) is 10.2 Å². The van der Waals surface area contributed by atoms with Crippen LogP contribution >= 0.6 is 11.6 Å². The molecule has 0 saturated carbocycles. The van der Waals surface area contributed by atoms with E-state index in [2.05, 4.69) is 5.32 Å². The molecule has 3 rings (SSSR count). The molecular formula is C23H28ClN3O6S. The number of halogens is 1. The molecule has 2 aromatic carbocycles. The highest BCUT2D eigenvalue weighted by atomic mass is 35.5. The summed E-state index contributed by atoms with van der Waals surface area (Å²) in [6.07, 6.45) is 1.01. The molecule has 0 fully saturated rings. The Kier molecular flexibility index (Phi) is 7.93. The maximum absolute atomic E-state index is 13.5. The van der Waals surface area contributed by atoms with Crippen molar-refractivity contribution in [3.8, 4) is 11.5 Å². The van der Waals surface area contributed by atoms with Crippen LogP contribution in [-0.4, -0.2) is 56.8 Å². The molecule has 1 aliphatic rings. The highest BCUT2D eigenvalue weighted by Crippen LogP contribution is 2.36. The monoisotopic (exact) mass is 509 g/mol. The van der Waals surface area contributed by atoms with Crippen LogP contribution < -0.4 is 19.1 Å². The first-order chi connectivity index (χ1) is 16.0. The fourth-order valence-corrected chi connectivity index (χ4v) is 4.49. The molecule has 2 amide bonds. The van der Waals surface area contributed by atoms with E-state index in [4.69, 9.17) is 21.1 Å². The maximum Gasteiger partial charge on any atom is 0.244 e. The van der Waals surface area contributed by atoms with Crippen LogP contribution in [0.4, 0.5) is 5.69 Å². The van der Waals surface area contributed by atoms with Gasteiger partial charge in [-0.1, -0.05) is 29.8 Å². The fraction of sp³-hybridized carbons (Fsp3) is 0.391. The predicted octanol–water partition coefficient (Wildman–Crippen LogP) is 2.78. The number of rotatable bonds is 9. The third kappa shape index (κ3) is 6.12. The highest BCUT2D eigenvalue weighted by Gasteiger charge is 2.31. The average molecular weight is 510 g/mol. The van der Waals surface area contributed by atoms with Crippen molar-refractivity contribution in [2.24, 2.45) is 0 Å². The van der Waals surface area contributed by atoms with E-state index in [0.29, 0.717) is 22.1 Å². The summed E-state index contributed by atoms with van der Waals surface area (Å²) in [6.45, 7) is 4.78. The van der Waals surface area contributed by atoms with Gasteiger partial charge in [-0.05, 0) is 44.5 Å². The van der Waals surface area contributed by atoms with Gasteiger partial charge in [0.05, 0.1) is 11.9 Å². The molecule has 184 valence electrons. The molecule has 0 spiro atoms. The second-order valence-electron chi connectivity index (χ2n) is 8.26. The maximum atomic E-state index is 13.5. The van der Waals surface area contributed by atoms with Crippen molar-refractivity contribution < 1.29 is 27.5 Å². The molecule has 0 radical (unpaired) electrons. The first-order valence-corrected chi connectivity index (χ1v) is 12.9. The normalized spacial score (nSPS) is 13.5. The lowest BCUT2D eigenvalue weighted by molar-refractivity contribution is -0.139. The molecule has 0 aromatic heterocycles. The number of carbonyl (C=O) groups is 2. The van der Waals surface area contributed by atoms with Gasteiger partial charge in [-0.25, -0.2) is 8.42 Å². The van der Waals surface area contributed by atoms with Gasteiger partial charge >= 0.3 is 0 Å². The standard InChI is InChI=1S/C23H28ClN3O6S/c1-15(2)25-23(29)16(3)26(12-17-7-5-6-8-19(17)24)22(28)13-27(34(4,30)31)18-9-10-20-21(11-18)33-14-32-20/h5-11,15-16H,12-14H2,1-4H3,(H,25,29)/t16-/m1/s1. The third-order valence-corrected chi connectivity index (χ3v) is 6.73. The van der Waals surface area contributed by atoms with E-state index in [1.54, 1.807) is 37.3 Å². The van der Waals surface area contributed by atoms with Crippen molar-refractivity contribution >= 4 is 39.1 Å².